The third-order valence-corrected chi connectivity index (χ3v) is 5.91. The van der Waals surface area contributed by atoms with Gasteiger partial charge in [0.2, 0.25) is 5.88 Å². The molecule has 3 aromatic rings. The number of hydrogen-bond donors (Lipinski definition) is 0. The summed E-state index contributed by atoms with van der Waals surface area (Å²) in [6.07, 6.45) is 0. The highest BCUT2D eigenvalue weighted by molar-refractivity contribution is 6.30. The molecule has 1 saturated heterocycles. The van der Waals surface area contributed by atoms with Crippen LogP contribution < -0.4 is 4.90 Å². The number of halogens is 1. The number of nitrogens with zero attached hydrogens (tertiary/aromatic N) is 3. The van der Waals surface area contributed by atoms with Crippen molar-refractivity contribution in [2.45, 2.75) is 33.4 Å². The van der Waals surface area contributed by atoms with Crippen LogP contribution in [0.4, 0.5) is 5.88 Å². The van der Waals surface area contributed by atoms with Gasteiger partial charge < -0.3 is 19.1 Å². The Hall–Kier alpha value is -2.83. The van der Waals surface area contributed by atoms with E-state index in [1.54, 1.807) is 24.3 Å². The minimum absolute atomic E-state index is 0.0176. The molecule has 1 fully saturated rings. The van der Waals surface area contributed by atoms with Crippen LogP contribution in [0.5, 0.6) is 0 Å². The second-order valence-corrected chi connectivity index (χ2v) is 8.75. The predicted octanol–water partition coefficient (Wildman–Crippen LogP) is 5.19. The maximum Gasteiger partial charge on any atom is 0.254 e. The molecule has 1 amide bonds. The topological polar surface area (TPSA) is 58.8 Å². The van der Waals surface area contributed by atoms with Crippen molar-refractivity contribution >= 4 is 23.4 Å². The molecule has 2 heterocycles. The molecule has 32 heavy (non-hydrogen) atoms. The molecule has 0 atom stereocenters. The molecule has 0 bridgehead atoms. The molecule has 0 aliphatic carbocycles. The second-order valence-electron chi connectivity index (χ2n) is 8.32. The Morgan fingerprint density at radius 3 is 2.53 bits per heavy atom. The van der Waals surface area contributed by atoms with Crippen LogP contribution in [0.25, 0.3) is 11.3 Å². The SMILES string of the molecule is Cc1cccc(-c2noc(N3CCOCC3)c2CN(C(=O)c2ccc(Cl)cc2)C(C)C)c1. The maximum atomic E-state index is 13.4. The van der Waals surface area contributed by atoms with Gasteiger partial charge >= 0.3 is 0 Å². The summed E-state index contributed by atoms with van der Waals surface area (Å²) in [5.74, 6) is 0.653. The lowest BCUT2D eigenvalue weighted by Gasteiger charge is -2.30. The summed E-state index contributed by atoms with van der Waals surface area (Å²) in [6, 6.07) is 15.2. The van der Waals surface area contributed by atoms with Crippen molar-refractivity contribution in [3.05, 3.63) is 70.2 Å². The van der Waals surface area contributed by atoms with E-state index in [9.17, 15) is 4.79 Å². The first-order valence-electron chi connectivity index (χ1n) is 10.9. The highest BCUT2D eigenvalue weighted by Crippen LogP contribution is 2.34. The van der Waals surface area contributed by atoms with Crippen LogP contribution in [0.1, 0.15) is 35.3 Å². The van der Waals surface area contributed by atoms with Gasteiger partial charge in [0.05, 0.1) is 25.3 Å². The molecule has 0 N–H and O–H groups in total. The number of anilines is 1. The maximum absolute atomic E-state index is 13.4. The highest BCUT2D eigenvalue weighted by atomic mass is 35.5. The van der Waals surface area contributed by atoms with Gasteiger partial charge in [-0.3, -0.25) is 4.79 Å². The molecule has 1 aromatic heterocycles. The first-order valence-corrected chi connectivity index (χ1v) is 11.3. The van der Waals surface area contributed by atoms with E-state index >= 15 is 0 Å². The quantitative estimate of drug-likeness (QED) is 0.514. The van der Waals surface area contributed by atoms with Gasteiger partial charge in [0.1, 0.15) is 5.69 Å². The minimum Gasteiger partial charge on any atom is -0.378 e. The van der Waals surface area contributed by atoms with Crippen LogP contribution >= 0.6 is 11.6 Å². The van der Waals surface area contributed by atoms with Crippen LogP contribution in [0.2, 0.25) is 5.02 Å². The largest absolute Gasteiger partial charge is 0.378 e. The lowest BCUT2D eigenvalue weighted by atomic mass is 10.0. The van der Waals surface area contributed by atoms with E-state index in [-0.39, 0.29) is 11.9 Å². The summed E-state index contributed by atoms with van der Waals surface area (Å²) >= 11 is 6.02. The zero-order valence-corrected chi connectivity index (χ0v) is 19.4. The Labute approximate surface area is 193 Å². The molecular formula is C25H28ClN3O3. The molecule has 1 aliphatic heterocycles. The molecule has 0 unspecified atom stereocenters. The van der Waals surface area contributed by atoms with Gasteiger partial charge in [0, 0.05) is 35.3 Å². The second kappa shape index (κ2) is 9.76. The number of morpholine rings is 1. The van der Waals surface area contributed by atoms with Gasteiger partial charge in [-0.05, 0) is 51.1 Å². The number of carbonyl (C=O) groups excluding carboxylic acids is 1. The lowest BCUT2D eigenvalue weighted by molar-refractivity contribution is 0.0690. The average molecular weight is 454 g/mol. The molecule has 0 radical (unpaired) electrons. The van der Waals surface area contributed by atoms with Crippen LogP contribution in [-0.2, 0) is 11.3 Å². The Kier molecular flexibility index (Phi) is 6.82. The molecule has 1 aliphatic rings. The Morgan fingerprint density at radius 2 is 1.88 bits per heavy atom. The highest BCUT2D eigenvalue weighted by Gasteiger charge is 2.28. The van der Waals surface area contributed by atoms with Crippen molar-refractivity contribution in [1.82, 2.24) is 10.1 Å². The lowest BCUT2D eigenvalue weighted by Crippen LogP contribution is -2.39. The fourth-order valence-corrected chi connectivity index (χ4v) is 4.02. The van der Waals surface area contributed by atoms with Crippen molar-refractivity contribution < 1.29 is 14.1 Å². The first kappa shape index (κ1) is 22.4. The molecular weight excluding hydrogens is 426 g/mol. The Balaban J connectivity index is 1.74. The van der Waals surface area contributed by atoms with E-state index in [1.165, 1.54) is 0 Å². The number of amides is 1. The smallest absolute Gasteiger partial charge is 0.254 e. The number of rotatable bonds is 6. The van der Waals surface area contributed by atoms with Gasteiger partial charge in [0.15, 0.2) is 0 Å². The summed E-state index contributed by atoms with van der Waals surface area (Å²) in [5.41, 5.74) is 4.40. The number of benzene rings is 2. The summed E-state index contributed by atoms with van der Waals surface area (Å²) in [4.78, 5) is 17.4. The zero-order valence-electron chi connectivity index (χ0n) is 18.7. The van der Waals surface area contributed by atoms with Gasteiger partial charge in [-0.25, -0.2) is 0 Å². The van der Waals surface area contributed by atoms with Gasteiger partial charge in [-0.1, -0.05) is 40.5 Å². The van der Waals surface area contributed by atoms with E-state index in [1.807, 2.05) is 30.9 Å². The molecule has 6 nitrogen and oxygen atoms in total. The number of hydrogen-bond acceptors (Lipinski definition) is 5. The van der Waals surface area contributed by atoms with Crippen molar-refractivity contribution in [3.63, 3.8) is 0 Å². The van der Waals surface area contributed by atoms with Crippen molar-refractivity contribution in [2.75, 3.05) is 31.2 Å². The number of aromatic nitrogens is 1. The Bertz CT molecular complexity index is 1070. The van der Waals surface area contributed by atoms with E-state index < -0.39 is 0 Å². The number of carbonyl (C=O) groups is 1. The molecule has 0 spiro atoms. The summed E-state index contributed by atoms with van der Waals surface area (Å²) in [6.45, 7) is 9.19. The van der Waals surface area contributed by atoms with Gasteiger partial charge in [-0.15, -0.1) is 0 Å². The number of aryl methyl sites for hydroxylation is 1. The fraction of sp³-hybridized carbons (Fsp3) is 0.360. The summed E-state index contributed by atoms with van der Waals surface area (Å²) in [5, 5.41) is 5.05. The van der Waals surface area contributed by atoms with E-state index in [0.717, 1.165) is 35.5 Å². The molecule has 2 aromatic carbocycles. The molecule has 4 rings (SSSR count). The van der Waals surface area contributed by atoms with Gasteiger partial charge in [-0.2, -0.15) is 0 Å². The van der Waals surface area contributed by atoms with Crippen LogP contribution in [0, 0.1) is 6.92 Å². The molecule has 0 saturated carbocycles. The van der Waals surface area contributed by atoms with E-state index in [0.29, 0.717) is 36.2 Å². The van der Waals surface area contributed by atoms with Crippen LogP contribution in [-0.4, -0.2) is 48.3 Å². The van der Waals surface area contributed by atoms with Gasteiger partial charge in [0.25, 0.3) is 5.91 Å². The van der Waals surface area contributed by atoms with Crippen molar-refractivity contribution in [2.24, 2.45) is 0 Å². The normalized spacial score (nSPS) is 14.1. The molecule has 168 valence electrons. The van der Waals surface area contributed by atoms with E-state index in [2.05, 4.69) is 29.1 Å². The Morgan fingerprint density at radius 1 is 1.16 bits per heavy atom. The molecule has 7 heteroatoms. The van der Waals surface area contributed by atoms with Crippen LogP contribution in [0.15, 0.2) is 53.1 Å². The predicted molar refractivity (Wildman–Crippen MR) is 126 cm³/mol. The summed E-state index contributed by atoms with van der Waals surface area (Å²) < 4.78 is 11.4. The van der Waals surface area contributed by atoms with Crippen LogP contribution in [0.3, 0.4) is 0 Å². The van der Waals surface area contributed by atoms with Crippen molar-refractivity contribution in [3.8, 4) is 11.3 Å². The monoisotopic (exact) mass is 453 g/mol. The zero-order chi connectivity index (χ0) is 22.7. The van der Waals surface area contributed by atoms with E-state index in [4.69, 9.17) is 20.9 Å². The minimum atomic E-state index is -0.0546. The standard InChI is InChI=1S/C25H28ClN3O3/c1-17(2)29(24(30)19-7-9-21(26)10-8-19)16-22-23(20-6-4-5-18(3)15-20)27-32-25(22)28-11-13-31-14-12-28/h4-10,15,17H,11-14,16H2,1-3H3. The number of ether oxygens (including phenoxy) is 1. The third-order valence-electron chi connectivity index (χ3n) is 5.66. The van der Waals surface area contributed by atoms with Crippen molar-refractivity contribution in [1.29, 1.82) is 0 Å². The average Bonchev–Trinajstić information content (AvgIpc) is 3.21. The summed E-state index contributed by atoms with van der Waals surface area (Å²) in [7, 11) is 0. The fourth-order valence-electron chi connectivity index (χ4n) is 3.89. The first-order chi connectivity index (χ1) is 15.4. The third kappa shape index (κ3) is 4.81.